The molecule has 1 aromatic carbocycles. The topological polar surface area (TPSA) is 54.6 Å². The van der Waals surface area contributed by atoms with E-state index >= 15 is 0 Å². The number of fused-ring (bicyclic) bond motifs is 2. The fourth-order valence-electron chi connectivity index (χ4n) is 4.70. The Morgan fingerprint density at radius 2 is 1.96 bits per heavy atom. The number of H-pyrrole nitrogens is 1. The van der Waals surface area contributed by atoms with Crippen LogP contribution in [0, 0.1) is 0 Å². The molecule has 144 valence electrons. The van der Waals surface area contributed by atoms with Gasteiger partial charge in [-0.15, -0.1) is 0 Å². The molecule has 1 aromatic heterocycles. The molecule has 0 radical (unpaired) electrons. The van der Waals surface area contributed by atoms with E-state index in [0.29, 0.717) is 18.9 Å². The van der Waals surface area contributed by atoms with E-state index in [2.05, 4.69) is 29.2 Å². The number of methoxy groups -OCH3 is 1. The summed E-state index contributed by atoms with van der Waals surface area (Å²) in [6, 6.07) is 12.4. The van der Waals surface area contributed by atoms with E-state index in [1.165, 1.54) is 11.1 Å². The van der Waals surface area contributed by atoms with Crippen LogP contribution in [-0.4, -0.2) is 49.2 Å². The van der Waals surface area contributed by atoms with Crippen molar-refractivity contribution in [3.63, 3.8) is 0 Å². The summed E-state index contributed by atoms with van der Waals surface area (Å²) >= 11 is 0. The van der Waals surface area contributed by atoms with E-state index in [-0.39, 0.29) is 17.4 Å². The largest absolute Gasteiger partial charge is 0.382 e. The summed E-state index contributed by atoms with van der Waals surface area (Å²) in [7, 11) is 1.70. The van der Waals surface area contributed by atoms with Crippen LogP contribution in [0.5, 0.6) is 0 Å². The van der Waals surface area contributed by atoms with Gasteiger partial charge in [0.2, 0.25) is 0 Å². The Morgan fingerprint density at radius 1 is 1.15 bits per heavy atom. The lowest BCUT2D eigenvalue weighted by Gasteiger charge is -2.47. The molecular weight excluding hydrogens is 340 g/mol. The highest BCUT2D eigenvalue weighted by Gasteiger charge is 2.42. The van der Waals surface area contributed by atoms with Gasteiger partial charge in [0.1, 0.15) is 5.69 Å². The smallest absolute Gasteiger partial charge is 0.270 e. The van der Waals surface area contributed by atoms with Crippen molar-refractivity contribution in [1.29, 1.82) is 0 Å². The molecule has 1 amide bonds. The first-order chi connectivity index (χ1) is 13.2. The first kappa shape index (κ1) is 18.3. The van der Waals surface area contributed by atoms with Crippen molar-refractivity contribution in [1.82, 2.24) is 9.88 Å². The predicted octanol–water partition coefficient (Wildman–Crippen LogP) is 3.69. The third-order valence-electron chi connectivity index (χ3n) is 6.21. The van der Waals surface area contributed by atoms with Crippen molar-refractivity contribution < 1.29 is 14.3 Å². The van der Waals surface area contributed by atoms with E-state index in [4.69, 9.17) is 9.47 Å². The molecule has 4 rings (SSSR count). The lowest BCUT2D eigenvalue weighted by Crippen LogP contribution is -2.47. The summed E-state index contributed by atoms with van der Waals surface area (Å²) in [5.41, 5.74) is 3.60. The molecule has 0 bridgehead atoms. The standard InChI is InChI=1S/C22H28N2O3/c1-26-15-16-27-20-8-9-22(18-6-3-2-5-17(18)20)10-13-24(14-11-22)21(25)19-7-4-12-23-19/h2-7,12,20,23H,8-11,13-16H2,1H3/t20-/m1/s1. The average molecular weight is 368 g/mol. The molecule has 1 N–H and O–H groups in total. The van der Waals surface area contributed by atoms with E-state index in [1.807, 2.05) is 17.0 Å². The number of carbonyl (C=O) groups excluding carboxylic acids is 1. The van der Waals surface area contributed by atoms with Crippen LogP contribution < -0.4 is 0 Å². The highest BCUT2D eigenvalue weighted by atomic mass is 16.5. The molecule has 5 nitrogen and oxygen atoms in total. The van der Waals surface area contributed by atoms with Crippen molar-refractivity contribution >= 4 is 5.91 Å². The van der Waals surface area contributed by atoms with Gasteiger partial charge in [-0.2, -0.15) is 0 Å². The van der Waals surface area contributed by atoms with Crippen LogP contribution in [0.25, 0.3) is 0 Å². The summed E-state index contributed by atoms with van der Waals surface area (Å²) in [6.07, 6.45) is 6.14. The van der Waals surface area contributed by atoms with Gasteiger partial charge in [-0.1, -0.05) is 24.3 Å². The predicted molar refractivity (Wildman–Crippen MR) is 104 cm³/mol. The Labute approximate surface area is 160 Å². The maximum atomic E-state index is 12.6. The molecule has 1 atom stereocenters. The van der Waals surface area contributed by atoms with Crippen LogP contribution in [0.2, 0.25) is 0 Å². The number of aromatic nitrogens is 1. The number of ether oxygens (including phenoxy) is 2. The van der Waals surface area contributed by atoms with Gasteiger partial charge in [-0.3, -0.25) is 4.79 Å². The zero-order valence-electron chi connectivity index (χ0n) is 15.9. The molecule has 0 unspecified atom stereocenters. The van der Waals surface area contributed by atoms with Gasteiger partial charge in [0.15, 0.2) is 0 Å². The minimum absolute atomic E-state index is 0.111. The Bertz CT molecular complexity index is 764. The zero-order valence-corrected chi connectivity index (χ0v) is 15.9. The molecule has 2 aromatic rings. The normalized spacial score (nSPS) is 21.2. The minimum atomic E-state index is 0.111. The Hall–Kier alpha value is -2.11. The first-order valence-corrected chi connectivity index (χ1v) is 9.86. The molecule has 1 aliphatic carbocycles. The van der Waals surface area contributed by atoms with Crippen LogP contribution in [0.4, 0.5) is 0 Å². The number of piperidine rings is 1. The molecule has 2 aliphatic rings. The van der Waals surface area contributed by atoms with Gasteiger partial charge in [-0.25, -0.2) is 0 Å². The van der Waals surface area contributed by atoms with E-state index in [0.717, 1.165) is 38.8 Å². The van der Waals surface area contributed by atoms with Crippen LogP contribution in [-0.2, 0) is 14.9 Å². The highest BCUT2D eigenvalue weighted by molar-refractivity contribution is 5.92. The van der Waals surface area contributed by atoms with E-state index in [9.17, 15) is 4.79 Å². The van der Waals surface area contributed by atoms with Crippen LogP contribution in [0.15, 0.2) is 42.6 Å². The van der Waals surface area contributed by atoms with Crippen molar-refractivity contribution in [2.75, 3.05) is 33.4 Å². The zero-order chi connectivity index (χ0) is 18.7. The lowest BCUT2D eigenvalue weighted by atomic mass is 9.64. The van der Waals surface area contributed by atoms with Gasteiger partial charge in [0.05, 0.1) is 19.3 Å². The molecule has 1 aliphatic heterocycles. The second-order valence-electron chi connectivity index (χ2n) is 7.63. The van der Waals surface area contributed by atoms with Crippen molar-refractivity contribution in [3.8, 4) is 0 Å². The molecule has 1 fully saturated rings. The first-order valence-electron chi connectivity index (χ1n) is 9.86. The minimum Gasteiger partial charge on any atom is -0.382 e. The average Bonchev–Trinajstić information content (AvgIpc) is 3.25. The summed E-state index contributed by atoms with van der Waals surface area (Å²) in [5, 5.41) is 0. The van der Waals surface area contributed by atoms with E-state index in [1.54, 1.807) is 13.3 Å². The summed E-state index contributed by atoms with van der Waals surface area (Å²) < 4.78 is 11.2. The fraction of sp³-hybridized carbons (Fsp3) is 0.500. The second kappa shape index (κ2) is 7.87. The number of rotatable bonds is 5. The van der Waals surface area contributed by atoms with Crippen LogP contribution >= 0.6 is 0 Å². The Kier molecular flexibility index (Phi) is 5.32. The maximum absolute atomic E-state index is 12.6. The number of amides is 1. The quantitative estimate of drug-likeness (QED) is 0.819. The highest BCUT2D eigenvalue weighted by Crippen LogP contribution is 2.48. The SMILES string of the molecule is COCCO[C@@H]1CCC2(CCN(C(=O)c3ccc[nH]3)CC2)c2ccccc21. The summed E-state index contributed by atoms with van der Waals surface area (Å²) in [6.45, 7) is 2.86. The number of benzene rings is 1. The third kappa shape index (κ3) is 3.54. The number of hydrogen-bond acceptors (Lipinski definition) is 3. The van der Waals surface area contributed by atoms with Crippen molar-refractivity contribution in [2.24, 2.45) is 0 Å². The summed E-state index contributed by atoms with van der Waals surface area (Å²) in [5.74, 6) is 0.111. The molecule has 5 heteroatoms. The monoisotopic (exact) mass is 368 g/mol. The molecular formula is C22H28N2O3. The van der Waals surface area contributed by atoms with Crippen LogP contribution in [0.3, 0.4) is 0 Å². The van der Waals surface area contributed by atoms with Crippen molar-refractivity contribution in [3.05, 3.63) is 59.4 Å². The van der Waals surface area contributed by atoms with Gasteiger partial charge < -0.3 is 19.4 Å². The number of nitrogens with zero attached hydrogens (tertiary/aromatic N) is 1. The number of hydrogen-bond donors (Lipinski definition) is 1. The third-order valence-corrected chi connectivity index (χ3v) is 6.21. The Balaban J connectivity index is 1.49. The molecule has 0 saturated carbocycles. The van der Waals surface area contributed by atoms with Gasteiger partial charge in [0, 0.05) is 26.4 Å². The summed E-state index contributed by atoms with van der Waals surface area (Å²) in [4.78, 5) is 17.7. The van der Waals surface area contributed by atoms with Crippen molar-refractivity contribution in [2.45, 2.75) is 37.2 Å². The fourth-order valence-corrected chi connectivity index (χ4v) is 4.70. The molecule has 1 saturated heterocycles. The molecule has 2 heterocycles. The number of likely N-dealkylation sites (tertiary alicyclic amines) is 1. The van der Waals surface area contributed by atoms with Gasteiger partial charge >= 0.3 is 0 Å². The Morgan fingerprint density at radius 3 is 2.70 bits per heavy atom. The number of carbonyl (C=O) groups is 1. The van der Waals surface area contributed by atoms with Gasteiger partial charge in [0.25, 0.3) is 5.91 Å². The number of aromatic amines is 1. The number of nitrogens with one attached hydrogen (secondary N) is 1. The van der Waals surface area contributed by atoms with Gasteiger partial charge in [-0.05, 0) is 54.4 Å². The van der Waals surface area contributed by atoms with E-state index < -0.39 is 0 Å². The van der Waals surface area contributed by atoms with Crippen LogP contribution in [0.1, 0.15) is 53.4 Å². The maximum Gasteiger partial charge on any atom is 0.270 e. The second-order valence-corrected chi connectivity index (χ2v) is 7.63. The lowest BCUT2D eigenvalue weighted by molar-refractivity contribution is -0.00273. The molecule has 27 heavy (non-hydrogen) atoms. The molecule has 1 spiro atoms.